The fourth-order valence-corrected chi connectivity index (χ4v) is 1.57. The van der Waals surface area contributed by atoms with E-state index in [0.717, 1.165) is 11.2 Å². The number of nitrogens with zero attached hydrogens (tertiary/aromatic N) is 2. The van der Waals surface area contributed by atoms with E-state index in [4.69, 9.17) is 5.11 Å². The lowest BCUT2D eigenvalue weighted by Gasteiger charge is -2.08. The summed E-state index contributed by atoms with van der Waals surface area (Å²) in [5.74, 6) is -1.15. The Hall–Kier alpha value is -1.84. The van der Waals surface area contributed by atoms with Crippen molar-refractivity contribution in [3.8, 4) is 0 Å². The Kier molecular flexibility index (Phi) is 2.41. The second-order valence-corrected chi connectivity index (χ2v) is 3.65. The summed E-state index contributed by atoms with van der Waals surface area (Å²) in [4.78, 5) is 14.8. The molecule has 1 N–H and O–H groups in total. The standard InChI is InChI=1S/C11H12N2O2/c1-8(11(14)15)5-9-3-2-4-10-6-12-7-13(9)10/h2-4,6-8H,5H2,1H3,(H,14,15). The van der Waals surface area contributed by atoms with Crippen LogP contribution in [0, 0.1) is 5.92 Å². The Bertz CT molecular complexity index is 490. The van der Waals surface area contributed by atoms with Gasteiger partial charge < -0.3 is 9.51 Å². The van der Waals surface area contributed by atoms with Gasteiger partial charge in [0.15, 0.2) is 0 Å². The first-order valence-corrected chi connectivity index (χ1v) is 4.81. The van der Waals surface area contributed by atoms with Crippen molar-refractivity contribution < 1.29 is 9.90 Å². The van der Waals surface area contributed by atoms with Crippen molar-refractivity contribution in [1.82, 2.24) is 9.38 Å². The van der Waals surface area contributed by atoms with Crippen LogP contribution < -0.4 is 0 Å². The summed E-state index contributed by atoms with van der Waals surface area (Å²) in [6.07, 6.45) is 3.98. The van der Waals surface area contributed by atoms with Crippen LogP contribution in [0.2, 0.25) is 0 Å². The van der Waals surface area contributed by atoms with Crippen LogP contribution in [0.4, 0.5) is 0 Å². The van der Waals surface area contributed by atoms with Crippen molar-refractivity contribution in [3.63, 3.8) is 0 Å². The molecule has 4 nitrogen and oxygen atoms in total. The van der Waals surface area contributed by atoms with Crippen LogP contribution in [0.3, 0.4) is 0 Å². The third kappa shape index (κ3) is 1.83. The highest BCUT2D eigenvalue weighted by molar-refractivity contribution is 5.69. The molecule has 0 amide bonds. The first kappa shape index (κ1) is 9.71. The molecular formula is C11H12N2O2. The lowest BCUT2D eigenvalue weighted by molar-refractivity contribution is -0.141. The second kappa shape index (κ2) is 3.73. The van der Waals surface area contributed by atoms with Crippen LogP contribution >= 0.6 is 0 Å². The van der Waals surface area contributed by atoms with Crippen molar-refractivity contribution in [2.75, 3.05) is 0 Å². The van der Waals surface area contributed by atoms with E-state index in [0.29, 0.717) is 6.42 Å². The SMILES string of the molecule is CC(Cc1cccc2cncn12)C(=O)O. The number of pyridine rings is 1. The number of rotatable bonds is 3. The van der Waals surface area contributed by atoms with Crippen LogP contribution in [0.1, 0.15) is 12.6 Å². The lowest BCUT2D eigenvalue weighted by Crippen LogP contribution is -2.13. The number of aromatic nitrogens is 2. The fourth-order valence-electron chi connectivity index (χ4n) is 1.57. The molecular weight excluding hydrogens is 192 g/mol. The number of carboxylic acids is 1. The average molecular weight is 204 g/mol. The van der Waals surface area contributed by atoms with E-state index in [2.05, 4.69) is 4.98 Å². The molecule has 1 atom stereocenters. The van der Waals surface area contributed by atoms with Crippen molar-refractivity contribution in [1.29, 1.82) is 0 Å². The highest BCUT2D eigenvalue weighted by Gasteiger charge is 2.13. The van der Waals surface area contributed by atoms with Gasteiger partial charge in [-0.3, -0.25) is 4.79 Å². The maximum absolute atomic E-state index is 10.8. The van der Waals surface area contributed by atoms with Crippen molar-refractivity contribution in [2.45, 2.75) is 13.3 Å². The number of fused-ring (bicyclic) bond motifs is 1. The zero-order valence-electron chi connectivity index (χ0n) is 8.42. The van der Waals surface area contributed by atoms with Gasteiger partial charge in [0, 0.05) is 12.1 Å². The highest BCUT2D eigenvalue weighted by Crippen LogP contribution is 2.11. The molecule has 0 radical (unpaired) electrons. The maximum Gasteiger partial charge on any atom is 0.306 e. The number of hydrogen-bond acceptors (Lipinski definition) is 2. The molecule has 1 unspecified atom stereocenters. The van der Waals surface area contributed by atoms with Crippen LogP contribution in [0.15, 0.2) is 30.7 Å². The second-order valence-electron chi connectivity index (χ2n) is 3.65. The number of hydrogen-bond donors (Lipinski definition) is 1. The minimum atomic E-state index is -0.771. The summed E-state index contributed by atoms with van der Waals surface area (Å²) in [7, 11) is 0. The Morgan fingerprint density at radius 3 is 3.13 bits per heavy atom. The molecule has 0 bridgehead atoms. The molecule has 0 saturated heterocycles. The summed E-state index contributed by atoms with van der Waals surface area (Å²) >= 11 is 0. The van der Waals surface area contributed by atoms with Crippen LogP contribution in [0.5, 0.6) is 0 Å². The van der Waals surface area contributed by atoms with Crippen molar-refractivity contribution in [3.05, 3.63) is 36.4 Å². The number of carboxylic acid groups (broad SMARTS) is 1. The maximum atomic E-state index is 10.8. The van der Waals surface area contributed by atoms with Gasteiger partial charge in [0.25, 0.3) is 0 Å². The summed E-state index contributed by atoms with van der Waals surface area (Å²) in [5.41, 5.74) is 1.96. The van der Waals surface area contributed by atoms with Gasteiger partial charge in [0.1, 0.15) is 0 Å². The van der Waals surface area contributed by atoms with Gasteiger partial charge in [-0.1, -0.05) is 13.0 Å². The van der Waals surface area contributed by atoms with Gasteiger partial charge in [-0.05, 0) is 12.1 Å². The van der Waals surface area contributed by atoms with Gasteiger partial charge in [-0.25, -0.2) is 4.98 Å². The minimum absolute atomic E-state index is 0.377. The van der Waals surface area contributed by atoms with E-state index in [1.165, 1.54) is 0 Å². The monoisotopic (exact) mass is 204 g/mol. The van der Waals surface area contributed by atoms with Crippen LogP contribution in [0.25, 0.3) is 5.52 Å². The first-order chi connectivity index (χ1) is 7.18. The van der Waals surface area contributed by atoms with Crippen molar-refractivity contribution in [2.24, 2.45) is 5.92 Å². The Balaban J connectivity index is 2.35. The largest absolute Gasteiger partial charge is 0.481 e. The van der Waals surface area contributed by atoms with Gasteiger partial charge in [-0.2, -0.15) is 0 Å². The molecule has 0 fully saturated rings. The van der Waals surface area contributed by atoms with E-state index < -0.39 is 5.97 Å². The van der Waals surface area contributed by atoms with Gasteiger partial charge in [0.2, 0.25) is 0 Å². The Morgan fingerprint density at radius 2 is 2.40 bits per heavy atom. The number of aliphatic carboxylic acids is 1. The van der Waals surface area contributed by atoms with Gasteiger partial charge in [0.05, 0.1) is 24.0 Å². The molecule has 0 aliphatic carbocycles. The zero-order valence-corrected chi connectivity index (χ0v) is 8.42. The molecule has 0 aliphatic heterocycles. The molecule has 2 rings (SSSR count). The molecule has 4 heteroatoms. The molecule has 0 saturated carbocycles. The average Bonchev–Trinajstić information content (AvgIpc) is 2.66. The van der Waals surface area contributed by atoms with Crippen LogP contribution in [-0.2, 0) is 11.2 Å². The topological polar surface area (TPSA) is 54.6 Å². The zero-order chi connectivity index (χ0) is 10.8. The predicted molar refractivity (Wildman–Crippen MR) is 55.7 cm³/mol. The number of imidazole rings is 1. The summed E-state index contributed by atoms with van der Waals surface area (Å²) in [5, 5.41) is 8.84. The summed E-state index contributed by atoms with van der Waals surface area (Å²) < 4.78 is 1.92. The van der Waals surface area contributed by atoms with Gasteiger partial charge >= 0.3 is 5.97 Å². The third-order valence-corrected chi connectivity index (χ3v) is 2.47. The first-order valence-electron chi connectivity index (χ1n) is 4.81. The highest BCUT2D eigenvalue weighted by atomic mass is 16.4. The molecule has 0 spiro atoms. The lowest BCUT2D eigenvalue weighted by atomic mass is 10.1. The molecule has 2 aromatic rings. The summed E-state index contributed by atoms with van der Waals surface area (Å²) in [6.45, 7) is 1.71. The van der Waals surface area contributed by atoms with Crippen molar-refractivity contribution >= 4 is 11.5 Å². The smallest absolute Gasteiger partial charge is 0.306 e. The van der Waals surface area contributed by atoms with E-state index >= 15 is 0 Å². The molecule has 2 aromatic heterocycles. The quantitative estimate of drug-likeness (QED) is 0.826. The number of carbonyl (C=O) groups is 1. The predicted octanol–water partition coefficient (Wildman–Crippen LogP) is 1.60. The molecule has 15 heavy (non-hydrogen) atoms. The molecule has 78 valence electrons. The Labute approximate surface area is 87.2 Å². The minimum Gasteiger partial charge on any atom is -0.481 e. The molecule has 0 aliphatic rings. The van der Waals surface area contributed by atoms with E-state index in [1.807, 2.05) is 22.6 Å². The van der Waals surface area contributed by atoms with E-state index in [-0.39, 0.29) is 5.92 Å². The molecule has 2 heterocycles. The van der Waals surface area contributed by atoms with E-state index in [1.54, 1.807) is 19.4 Å². The van der Waals surface area contributed by atoms with Crippen LogP contribution in [-0.4, -0.2) is 20.5 Å². The van der Waals surface area contributed by atoms with Gasteiger partial charge in [-0.15, -0.1) is 0 Å². The summed E-state index contributed by atoms with van der Waals surface area (Å²) in [6, 6.07) is 5.79. The van der Waals surface area contributed by atoms with E-state index in [9.17, 15) is 4.79 Å². The Morgan fingerprint density at radius 1 is 1.60 bits per heavy atom. The fraction of sp³-hybridized carbons (Fsp3) is 0.273. The normalized spacial score (nSPS) is 12.9. The molecule has 0 aromatic carbocycles. The third-order valence-electron chi connectivity index (χ3n) is 2.47.